The lowest BCUT2D eigenvalue weighted by Gasteiger charge is -2.31. The zero-order valence-corrected chi connectivity index (χ0v) is 19.2. The second-order valence-electron chi connectivity index (χ2n) is 7.31. The van der Waals surface area contributed by atoms with Gasteiger partial charge in [-0.25, -0.2) is 0 Å². The van der Waals surface area contributed by atoms with Gasteiger partial charge in [-0.1, -0.05) is 72.8 Å². The Kier molecular flexibility index (Phi) is 4.90. The van der Waals surface area contributed by atoms with E-state index >= 15 is 0 Å². The third kappa shape index (κ3) is 2.83. The second kappa shape index (κ2) is 7.56. The summed E-state index contributed by atoms with van der Waals surface area (Å²) in [4.78, 5) is 2.66. The highest BCUT2D eigenvalue weighted by molar-refractivity contribution is 7.98. The van der Waals surface area contributed by atoms with Gasteiger partial charge in [0.05, 0.1) is 0 Å². The quantitative estimate of drug-likeness (QED) is 0.307. The predicted molar refractivity (Wildman–Crippen MR) is 133 cm³/mol. The largest absolute Gasteiger partial charge is 0.180 e. The highest BCUT2D eigenvalue weighted by Crippen LogP contribution is 2.33. The molecule has 0 aliphatic carbocycles. The van der Waals surface area contributed by atoms with Gasteiger partial charge in [0.2, 0.25) is 0 Å². The Morgan fingerprint density at radius 3 is 1.31 bits per heavy atom. The van der Waals surface area contributed by atoms with Crippen LogP contribution in [0.5, 0.6) is 0 Å². The summed E-state index contributed by atoms with van der Waals surface area (Å²) in [7, 11) is -2.32. The van der Waals surface area contributed by atoms with Crippen molar-refractivity contribution in [1.29, 1.82) is 0 Å². The lowest BCUT2D eigenvalue weighted by molar-refractivity contribution is 1.46. The van der Waals surface area contributed by atoms with Gasteiger partial charge in [-0.05, 0) is 68.7 Å². The fraction of sp³-hybridized carbons (Fsp3) is 0.0769. The van der Waals surface area contributed by atoms with Gasteiger partial charge in [-0.2, -0.15) is 0 Å². The van der Waals surface area contributed by atoms with Crippen molar-refractivity contribution in [1.82, 2.24) is 0 Å². The van der Waals surface area contributed by atoms with Gasteiger partial charge >= 0.3 is 0 Å². The van der Waals surface area contributed by atoms with Crippen LogP contribution in [-0.2, 0) is 0 Å². The standard InChI is InChI=1S/C26H22S2Si/c1-27-19-13-15-25-23(17-19)24-18-20(28-2)14-16-26(24)29(25,21-9-5-3-6-10-21)22-11-7-4-8-12-22/h3-18H,1-2H3. The van der Waals surface area contributed by atoms with Gasteiger partial charge in [0.15, 0.2) is 8.07 Å². The zero-order valence-electron chi connectivity index (χ0n) is 16.6. The number of rotatable bonds is 4. The van der Waals surface area contributed by atoms with Crippen LogP contribution in [0.4, 0.5) is 0 Å². The first kappa shape index (κ1) is 18.8. The SMILES string of the molecule is CSc1ccc2c(c1)-c1cc(SC)ccc1[Si]2(c1ccccc1)c1ccccc1. The molecule has 0 amide bonds. The normalized spacial score (nSPS) is 13.7. The lowest BCUT2D eigenvalue weighted by Crippen LogP contribution is -2.72. The minimum Gasteiger partial charge on any atom is -0.130 e. The van der Waals surface area contributed by atoms with E-state index in [-0.39, 0.29) is 0 Å². The van der Waals surface area contributed by atoms with E-state index in [9.17, 15) is 0 Å². The molecule has 142 valence electrons. The fourth-order valence-corrected chi connectivity index (χ4v) is 10.7. The number of thioether (sulfide) groups is 2. The van der Waals surface area contributed by atoms with Crippen molar-refractivity contribution in [2.45, 2.75) is 9.79 Å². The summed E-state index contributed by atoms with van der Waals surface area (Å²) >= 11 is 3.64. The third-order valence-electron chi connectivity index (χ3n) is 5.97. The Labute approximate surface area is 182 Å². The molecule has 0 fully saturated rings. The zero-order chi connectivity index (χ0) is 19.8. The molecule has 29 heavy (non-hydrogen) atoms. The molecule has 0 spiro atoms. The van der Waals surface area contributed by atoms with E-state index in [1.54, 1.807) is 0 Å². The fourth-order valence-electron chi connectivity index (χ4n) is 4.71. The Morgan fingerprint density at radius 1 is 0.517 bits per heavy atom. The minimum absolute atomic E-state index is 1.33. The van der Waals surface area contributed by atoms with E-state index in [1.165, 1.54) is 41.7 Å². The Hall–Kier alpha value is -2.20. The summed E-state index contributed by atoms with van der Waals surface area (Å²) in [5, 5.41) is 5.95. The topological polar surface area (TPSA) is 0 Å². The van der Waals surface area contributed by atoms with Crippen molar-refractivity contribution >= 4 is 52.3 Å². The summed E-state index contributed by atoms with van der Waals surface area (Å²) in [6.07, 6.45) is 4.32. The van der Waals surface area contributed by atoms with Crippen LogP contribution in [0, 0.1) is 0 Å². The molecule has 4 aromatic carbocycles. The van der Waals surface area contributed by atoms with Crippen molar-refractivity contribution in [2.75, 3.05) is 12.5 Å². The van der Waals surface area contributed by atoms with Crippen molar-refractivity contribution in [3.63, 3.8) is 0 Å². The third-order valence-corrected chi connectivity index (χ3v) is 12.3. The van der Waals surface area contributed by atoms with E-state index < -0.39 is 8.07 Å². The van der Waals surface area contributed by atoms with E-state index in [4.69, 9.17) is 0 Å². The summed E-state index contributed by atoms with van der Waals surface area (Å²) < 4.78 is 0. The van der Waals surface area contributed by atoms with Crippen LogP contribution in [0.2, 0.25) is 0 Å². The Bertz CT molecular complexity index is 1070. The van der Waals surface area contributed by atoms with Crippen molar-refractivity contribution < 1.29 is 0 Å². The smallest absolute Gasteiger partial charge is 0.130 e. The number of benzene rings is 4. The number of hydrogen-bond donors (Lipinski definition) is 0. The molecule has 1 heterocycles. The summed E-state index contributed by atoms with van der Waals surface area (Å²) in [6, 6.07) is 36.6. The predicted octanol–water partition coefficient (Wildman–Crippen LogP) is 4.49. The molecule has 1 aliphatic heterocycles. The highest BCUT2D eigenvalue weighted by atomic mass is 32.2. The van der Waals surface area contributed by atoms with Gasteiger partial charge in [0.1, 0.15) is 0 Å². The second-order valence-corrected chi connectivity index (χ2v) is 12.8. The average Bonchev–Trinajstić information content (AvgIpc) is 3.10. The van der Waals surface area contributed by atoms with E-state index in [0.29, 0.717) is 0 Å². The Balaban J connectivity index is 1.94. The number of hydrogen-bond acceptors (Lipinski definition) is 2. The molecule has 0 saturated carbocycles. The molecule has 3 heteroatoms. The molecule has 0 N–H and O–H groups in total. The van der Waals surface area contributed by atoms with Gasteiger partial charge in [0.25, 0.3) is 0 Å². The van der Waals surface area contributed by atoms with Gasteiger partial charge < -0.3 is 0 Å². The first-order valence-electron chi connectivity index (χ1n) is 9.77. The van der Waals surface area contributed by atoms with Crippen molar-refractivity contribution in [3.8, 4) is 11.1 Å². The average molecular weight is 427 g/mol. The summed E-state index contributed by atoms with van der Waals surface area (Å²) in [5.74, 6) is 0. The molecule has 0 nitrogen and oxygen atoms in total. The molecule has 0 bridgehead atoms. The van der Waals surface area contributed by atoms with Crippen LogP contribution < -0.4 is 20.7 Å². The van der Waals surface area contributed by atoms with Crippen LogP contribution in [0.3, 0.4) is 0 Å². The van der Waals surface area contributed by atoms with Crippen LogP contribution in [0.1, 0.15) is 0 Å². The maximum absolute atomic E-state index is 2.41. The first-order chi connectivity index (χ1) is 14.3. The number of fused-ring (bicyclic) bond motifs is 3. The molecule has 0 radical (unpaired) electrons. The maximum Gasteiger partial charge on any atom is 0.180 e. The summed E-state index contributed by atoms with van der Waals surface area (Å²) in [6.45, 7) is 0. The molecule has 0 saturated heterocycles. The van der Waals surface area contributed by atoms with Gasteiger partial charge in [-0.15, -0.1) is 23.5 Å². The lowest BCUT2D eigenvalue weighted by atomic mass is 10.1. The van der Waals surface area contributed by atoms with Gasteiger partial charge in [0, 0.05) is 9.79 Å². The molecule has 4 aromatic rings. The van der Waals surface area contributed by atoms with Crippen molar-refractivity contribution in [3.05, 3.63) is 97.1 Å². The maximum atomic E-state index is 2.41. The molecule has 0 unspecified atom stereocenters. The van der Waals surface area contributed by atoms with E-state index in [2.05, 4.69) is 110 Å². The van der Waals surface area contributed by atoms with E-state index in [1.807, 2.05) is 23.5 Å². The molecule has 0 atom stereocenters. The van der Waals surface area contributed by atoms with Crippen LogP contribution in [-0.4, -0.2) is 20.6 Å². The molecular formula is C26H22S2Si. The molecular weight excluding hydrogens is 405 g/mol. The molecule has 5 rings (SSSR count). The highest BCUT2D eigenvalue weighted by Gasteiger charge is 2.48. The van der Waals surface area contributed by atoms with Gasteiger partial charge in [-0.3, -0.25) is 0 Å². The molecule has 1 aliphatic rings. The van der Waals surface area contributed by atoms with E-state index in [0.717, 1.165) is 0 Å². The monoisotopic (exact) mass is 426 g/mol. The summed E-state index contributed by atoms with van der Waals surface area (Å²) in [5.41, 5.74) is 2.84. The first-order valence-corrected chi connectivity index (χ1v) is 14.2. The molecule has 0 aromatic heterocycles. The van der Waals surface area contributed by atoms with Crippen LogP contribution in [0.25, 0.3) is 11.1 Å². The minimum atomic E-state index is -2.32. The van der Waals surface area contributed by atoms with Crippen LogP contribution in [0.15, 0.2) is 107 Å². The Morgan fingerprint density at radius 2 is 0.931 bits per heavy atom. The van der Waals surface area contributed by atoms with Crippen molar-refractivity contribution in [2.24, 2.45) is 0 Å². The van der Waals surface area contributed by atoms with Crippen LogP contribution >= 0.6 is 23.5 Å².